The van der Waals surface area contributed by atoms with Crippen molar-refractivity contribution in [2.24, 2.45) is 0 Å². The van der Waals surface area contributed by atoms with Crippen LogP contribution in [-0.2, 0) is 28.8 Å². The van der Waals surface area contributed by atoms with Crippen LogP contribution in [0.5, 0.6) is 0 Å². The van der Waals surface area contributed by atoms with Crippen LogP contribution in [-0.4, -0.2) is 34.5 Å². The molecular weight excluding hydrogens is 184 g/mol. The molecule has 14 heavy (non-hydrogen) atoms. The minimum Gasteiger partial charge on any atom is -0.481 e. The second-order valence-corrected chi connectivity index (χ2v) is 3.31. The first kappa shape index (κ1) is 9.21. The second kappa shape index (κ2) is 3.79. The highest BCUT2D eigenvalue weighted by Crippen LogP contribution is 2.16. The molecule has 0 fully saturated rings. The second-order valence-electron chi connectivity index (χ2n) is 3.31. The van der Waals surface area contributed by atoms with Crippen molar-refractivity contribution in [1.29, 1.82) is 0 Å². The number of rotatable bonds is 2. The molecule has 5 heteroatoms. The zero-order valence-electron chi connectivity index (χ0n) is 7.75. The maximum Gasteiger partial charge on any atom is 0.309 e. The number of aromatic nitrogens is 2. The average Bonchev–Trinajstić information content (AvgIpc) is 2.37. The number of ether oxygens (including phenoxy) is 1. The Balaban J connectivity index is 2.24. The molecule has 1 aromatic rings. The number of carboxylic acid groups (broad SMARTS) is 1. The number of hydrogen-bond donors (Lipinski definition) is 2. The summed E-state index contributed by atoms with van der Waals surface area (Å²) in [4.78, 5) is 10.6. The van der Waals surface area contributed by atoms with Crippen molar-refractivity contribution in [3.63, 3.8) is 0 Å². The normalized spacial score (nSPS) is 16.0. The summed E-state index contributed by atoms with van der Waals surface area (Å²) < 4.78 is 5.30. The van der Waals surface area contributed by atoms with Crippen LogP contribution < -0.4 is 0 Å². The van der Waals surface area contributed by atoms with Crippen molar-refractivity contribution in [3.05, 3.63) is 17.0 Å². The van der Waals surface area contributed by atoms with Crippen LogP contribution in [0.15, 0.2) is 0 Å². The third kappa shape index (κ3) is 1.77. The molecule has 76 valence electrons. The number of aromatic amines is 1. The fourth-order valence-electron chi connectivity index (χ4n) is 1.69. The Bertz CT molecular complexity index is 346. The molecule has 0 radical (unpaired) electrons. The van der Waals surface area contributed by atoms with E-state index in [2.05, 4.69) is 10.2 Å². The summed E-state index contributed by atoms with van der Waals surface area (Å²) in [5.74, 6) is -0.843. The predicted octanol–water partition coefficient (Wildman–Crippen LogP) is 0.152. The van der Waals surface area contributed by atoms with Gasteiger partial charge in [-0.1, -0.05) is 0 Å². The maximum absolute atomic E-state index is 10.6. The Morgan fingerprint density at radius 3 is 3.07 bits per heavy atom. The lowest BCUT2D eigenvalue weighted by Crippen LogP contribution is -2.04. The van der Waals surface area contributed by atoms with Crippen molar-refractivity contribution < 1.29 is 14.6 Å². The van der Waals surface area contributed by atoms with Crippen LogP contribution in [0.3, 0.4) is 0 Å². The Labute approximate surface area is 81.1 Å². The molecule has 1 aliphatic heterocycles. The highest BCUT2D eigenvalue weighted by atomic mass is 16.5. The van der Waals surface area contributed by atoms with Gasteiger partial charge in [0.1, 0.15) is 0 Å². The summed E-state index contributed by atoms with van der Waals surface area (Å²) in [6.07, 6.45) is 1.54. The zero-order chi connectivity index (χ0) is 9.97. The topological polar surface area (TPSA) is 75.2 Å². The van der Waals surface area contributed by atoms with E-state index in [4.69, 9.17) is 9.84 Å². The number of aliphatic carboxylic acids is 1. The van der Waals surface area contributed by atoms with Gasteiger partial charge in [-0.2, -0.15) is 5.10 Å². The van der Waals surface area contributed by atoms with Crippen molar-refractivity contribution >= 4 is 5.97 Å². The van der Waals surface area contributed by atoms with Gasteiger partial charge in [0.2, 0.25) is 0 Å². The van der Waals surface area contributed by atoms with Crippen LogP contribution in [0.1, 0.15) is 17.0 Å². The quantitative estimate of drug-likeness (QED) is 0.706. The molecule has 0 atom stereocenters. The summed E-state index contributed by atoms with van der Waals surface area (Å²) in [5, 5.41) is 15.6. The third-order valence-corrected chi connectivity index (χ3v) is 2.35. The van der Waals surface area contributed by atoms with Gasteiger partial charge in [-0.05, 0) is 12.0 Å². The predicted molar refractivity (Wildman–Crippen MR) is 48.2 cm³/mol. The van der Waals surface area contributed by atoms with E-state index < -0.39 is 5.97 Å². The fourth-order valence-corrected chi connectivity index (χ4v) is 1.69. The number of nitrogens with zero attached hydrogens (tertiary/aromatic N) is 1. The molecule has 0 aliphatic carbocycles. The number of H-pyrrole nitrogens is 1. The molecule has 0 saturated carbocycles. The van der Waals surface area contributed by atoms with Gasteiger partial charge in [0, 0.05) is 12.1 Å². The van der Waals surface area contributed by atoms with E-state index in [1.165, 1.54) is 0 Å². The molecule has 0 aromatic carbocycles. The van der Waals surface area contributed by atoms with Crippen LogP contribution >= 0.6 is 0 Å². The SMILES string of the molecule is O=C(O)Cc1n[nH]c2c1CCOCC2. The lowest BCUT2D eigenvalue weighted by atomic mass is 10.1. The number of nitrogens with one attached hydrogen (secondary N) is 1. The minimum atomic E-state index is -0.843. The minimum absolute atomic E-state index is 0.00810. The van der Waals surface area contributed by atoms with Crippen molar-refractivity contribution in [2.45, 2.75) is 19.3 Å². The van der Waals surface area contributed by atoms with Gasteiger partial charge in [0.15, 0.2) is 0 Å². The molecule has 1 aliphatic rings. The van der Waals surface area contributed by atoms with E-state index in [1.807, 2.05) is 0 Å². The van der Waals surface area contributed by atoms with Crippen molar-refractivity contribution in [3.8, 4) is 0 Å². The first-order valence-corrected chi connectivity index (χ1v) is 4.62. The molecule has 0 amide bonds. The van der Waals surface area contributed by atoms with E-state index in [-0.39, 0.29) is 6.42 Å². The molecule has 2 N–H and O–H groups in total. The standard InChI is InChI=1S/C9H12N2O3/c12-9(13)5-8-6-1-3-14-4-2-7(6)10-11-8/h1-5H2,(H,10,11)(H,12,13). The Morgan fingerprint density at radius 1 is 1.50 bits per heavy atom. The van der Waals surface area contributed by atoms with Crippen LogP contribution in [0, 0.1) is 0 Å². The van der Waals surface area contributed by atoms with E-state index in [9.17, 15) is 4.79 Å². The molecule has 0 unspecified atom stereocenters. The first-order chi connectivity index (χ1) is 6.77. The smallest absolute Gasteiger partial charge is 0.309 e. The van der Waals surface area contributed by atoms with E-state index in [0.717, 1.165) is 24.1 Å². The Hall–Kier alpha value is -1.36. The van der Waals surface area contributed by atoms with E-state index in [0.29, 0.717) is 18.9 Å². The zero-order valence-corrected chi connectivity index (χ0v) is 7.75. The van der Waals surface area contributed by atoms with Gasteiger partial charge in [-0.15, -0.1) is 0 Å². The van der Waals surface area contributed by atoms with Crippen LogP contribution in [0.4, 0.5) is 0 Å². The molecule has 2 rings (SSSR count). The van der Waals surface area contributed by atoms with Crippen LogP contribution in [0.25, 0.3) is 0 Å². The summed E-state index contributed by atoms with van der Waals surface area (Å²) in [6.45, 7) is 1.33. The highest BCUT2D eigenvalue weighted by molar-refractivity contribution is 5.70. The van der Waals surface area contributed by atoms with Crippen LogP contribution in [0.2, 0.25) is 0 Å². The largest absolute Gasteiger partial charge is 0.481 e. The van der Waals surface area contributed by atoms with Gasteiger partial charge in [-0.3, -0.25) is 9.89 Å². The Kier molecular flexibility index (Phi) is 2.49. The summed E-state index contributed by atoms with van der Waals surface area (Å²) in [5.41, 5.74) is 2.71. The summed E-state index contributed by atoms with van der Waals surface area (Å²) in [6, 6.07) is 0. The summed E-state index contributed by atoms with van der Waals surface area (Å²) >= 11 is 0. The molecule has 2 heterocycles. The Morgan fingerprint density at radius 2 is 2.29 bits per heavy atom. The molecule has 0 spiro atoms. The number of carbonyl (C=O) groups is 1. The van der Waals surface area contributed by atoms with Crippen molar-refractivity contribution in [1.82, 2.24) is 10.2 Å². The van der Waals surface area contributed by atoms with Gasteiger partial charge in [0.05, 0.1) is 25.3 Å². The lowest BCUT2D eigenvalue weighted by Gasteiger charge is -1.98. The third-order valence-electron chi connectivity index (χ3n) is 2.35. The number of carboxylic acids is 1. The molecule has 0 saturated heterocycles. The van der Waals surface area contributed by atoms with E-state index in [1.54, 1.807) is 0 Å². The van der Waals surface area contributed by atoms with Crippen molar-refractivity contribution in [2.75, 3.05) is 13.2 Å². The molecule has 1 aromatic heterocycles. The number of fused-ring (bicyclic) bond motifs is 1. The maximum atomic E-state index is 10.6. The monoisotopic (exact) mass is 196 g/mol. The summed E-state index contributed by atoms with van der Waals surface area (Å²) in [7, 11) is 0. The molecule has 5 nitrogen and oxygen atoms in total. The first-order valence-electron chi connectivity index (χ1n) is 4.62. The van der Waals surface area contributed by atoms with Gasteiger partial charge in [-0.25, -0.2) is 0 Å². The fraction of sp³-hybridized carbons (Fsp3) is 0.556. The van der Waals surface area contributed by atoms with Gasteiger partial charge >= 0.3 is 5.97 Å². The number of hydrogen-bond acceptors (Lipinski definition) is 3. The average molecular weight is 196 g/mol. The lowest BCUT2D eigenvalue weighted by molar-refractivity contribution is -0.136. The van der Waals surface area contributed by atoms with E-state index >= 15 is 0 Å². The molecular formula is C9H12N2O3. The highest BCUT2D eigenvalue weighted by Gasteiger charge is 2.17. The van der Waals surface area contributed by atoms with Gasteiger partial charge < -0.3 is 9.84 Å². The molecule has 0 bridgehead atoms. The van der Waals surface area contributed by atoms with Gasteiger partial charge in [0.25, 0.3) is 0 Å².